The van der Waals surface area contributed by atoms with Crippen molar-refractivity contribution in [3.05, 3.63) is 22.6 Å². The van der Waals surface area contributed by atoms with Crippen molar-refractivity contribution in [2.24, 2.45) is 17.8 Å². The number of rotatable bonds is 3. The van der Waals surface area contributed by atoms with Gasteiger partial charge in [0, 0.05) is 45.6 Å². The summed E-state index contributed by atoms with van der Waals surface area (Å²) in [7, 11) is 0. The van der Waals surface area contributed by atoms with Crippen LogP contribution in [0.15, 0.2) is 21.2 Å². The molecule has 24 heavy (non-hydrogen) atoms. The van der Waals surface area contributed by atoms with Gasteiger partial charge in [0.25, 0.3) is 5.91 Å². The molecule has 0 aromatic carbocycles. The Morgan fingerprint density at radius 3 is 2.50 bits per heavy atom. The van der Waals surface area contributed by atoms with E-state index in [1.165, 1.54) is 0 Å². The summed E-state index contributed by atoms with van der Waals surface area (Å²) in [5, 5.41) is 9.75. The zero-order chi connectivity index (χ0) is 17.3. The molecule has 0 radical (unpaired) electrons. The highest BCUT2D eigenvalue weighted by atomic mass is 79.9. The molecule has 0 unspecified atom stereocenters. The van der Waals surface area contributed by atoms with E-state index in [-0.39, 0.29) is 30.3 Å². The van der Waals surface area contributed by atoms with Crippen LogP contribution >= 0.6 is 15.9 Å². The van der Waals surface area contributed by atoms with E-state index in [0.717, 1.165) is 25.9 Å². The van der Waals surface area contributed by atoms with Crippen LogP contribution < -0.4 is 0 Å². The minimum atomic E-state index is -0.122. The van der Waals surface area contributed by atoms with Crippen molar-refractivity contribution in [3.63, 3.8) is 0 Å². The van der Waals surface area contributed by atoms with Crippen LogP contribution in [0.1, 0.15) is 30.3 Å². The van der Waals surface area contributed by atoms with Gasteiger partial charge in [0.2, 0.25) is 5.91 Å². The van der Waals surface area contributed by atoms with Crippen molar-refractivity contribution in [3.8, 4) is 0 Å². The number of likely N-dealkylation sites (tertiary alicyclic amines) is 2. The smallest absolute Gasteiger partial charge is 0.289 e. The second kappa shape index (κ2) is 7.27. The third-order valence-electron chi connectivity index (χ3n) is 5.39. The summed E-state index contributed by atoms with van der Waals surface area (Å²) in [4.78, 5) is 27.7. The Morgan fingerprint density at radius 1 is 1.25 bits per heavy atom. The van der Waals surface area contributed by atoms with Crippen molar-refractivity contribution < 1.29 is 19.1 Å². The van der Waals surface area contributed by atoms with Crippen LogP contribution in [0, 0.1) is 17.8 Å². The number of carbonyl (C=O) groups excluding carboxylic acids is 2. The van der Waals surface area contributed by atoms with Gasteiger partial charge in [-0.3, -0.25) is 9.59 Å². The van der Waals surface area contributed by atoms with E-state index >= 15 is 0 Å². The molecule has 3 rings (SSSR count). The summed E-state index contributed by atoms with van der Waals surface area (Å²) in [5.41, 5.74) is 0. The van der Waals surface area contributed by atoms with E-state index in [9.17, 15) is 14.7 Å². The molecule has 0 bridgehead atoms. The first-order valence-corrected chi connectivity index (χ1v) is 9.20. The predicted molar refractivity (Wildman–Crippen MR) is 91.4 cm³/mol. The molecular formula is C17H23BrN2O4. The largest absolute Gasteiger partial charge is 0.444 e. The molecule has 0 aliphatic carbocycles. The number of furan rings is 1. The highest BCUT2D eigenvalue weighted by Gasteiger charge is 2.41. The Hall–Kier alpha value is -1.34. The minimum Gasteiger partial charge on any atom is -0.444 e. The maximum Gasteiger partial charge on any atom is 0.289 e. The zero-order valence-corrected chi connectivity index (χ0v) is 15.4. The van der Waals surface area contributed by atoms with E-state index < -0.39 is 0 Å². The van der Waals surface area contributed by atoms with Gasteiger partial charge in [-0.1, -0.05) is 0 Å². The molecule has 2 fully saturated rings. The first-order chi connectivity index (χ1) is 11.5. The number of carbonyl (C=O) groups is 2. The van der Waals surface area contributed by atoms with E-state index in [1.807, 2.05) is 4.90 Å². The summed E-state index contributed by atoms with van der Waals surface area (Å²) < 4.78 is 5.91. The van der Waals surface area contributed by atoms with Crippen LogP contribution in [0.5, 0.6) is 0 Å². The first kappa shape index (κ1) is 17.5. The molecule has 0 saturated carbocycles. The van der Waals surface area contributed by atoms with Crippen LogP contribution in [0.4, 0.5) is 0 Å². The lowest BCUT2D eigenvalue weighted by Gasteiger charge is -2.35. The lowest BCUT2D eigenvalue weighted by molar-refractivity contribution is -0.130. The molecule has 3 heterocycles. The van der Waals surface area contributed by atoms with Crippen LogP contribution in [0.25, 0.3) is 0 Å². The van der Waals surface area contributed by atoms with Crippen molar-refractivity contribution in [2.75, 3.05) is 32.8 Å². The van der Waals surface area contributed by atoms with Gasteiger partial charge < -0.3 is 19.3 Å². The average molecular weight is 399 g/mol. The number of hydrogen-bond acceptors (Lipinski definition) is 4. The average Bonchev–Trinajstić information content (AvgIpc) is 3.20. The molecule has 2 aliphatic rings. The summed E-state index contributed by atoms with van der Waals surface area (Å²) >= 11 is 3.22. The molecule has 2 amide bonds. The highest BCUT2D eigenvalue weighted by Crippen LogP contribution is 2.36. The van der Waals surface area contributed by atoms with Crippen LogP contribution in [0.3, 0.4) is 0 Å². The molecule has 2 saturated heterocycles. The molecule has 7 heteroatoms. The van der Waals surface area contributed by atoms with Gasteiger partial charge in [0.05, 0.1) is 0 Å². The highest BCUT2D eigenvalue weighted by molar-refractivity contribution is 9.10. The third kappa shape index (κ3) is 3.52. The molecule has 6 nitrogen and oxygen atoms in total. The topological polar surface area (TPSA) is 74.0 Å². The Kier molecular flexibility index (Phi) is 5.30. The molecule has 1 aromatic heterocycles. The molecule has 2 atom stereocenters. The van der Waals surface area contributed by atoms with E-state index in [2.05, 4.69) is 15.9 Å². The standard InChI is InChI=1S/C17H23BrN2O4/c1-11(22)19-6-4-12(5-7-19)14-9-20(8-13(14)10-21)17(23)15-2-3-16(18)24-15/h2-3,12-14,21H,4-10H2,1H3/t13-,14-/m0/s1. The van der Waals surface area contributed by atoms with Gasteiger partial charge in [0.15, 0.2) is 10.4 Å². The molecule has 132 valence electrons. The number of halogens is 1. The quantitative estimate of drug-likeness (QED) is 0.844. The molecular weight excluding hydrogens is 376 g/mol. The number of nitrogens with zero attached hydrogens (tertiary/aromatic N) is 2. The van der Waals surface area contributed by atoms with Gasteiger partial charge in [-0.25, -0.2) is 0 Å². The number of hydrogen-bond donors (Lipinski definition) is 1. The first-order valence-electron chi connectivity index (χ1n) is 8.40. The number of aliphatic hydroxyl groups is 1. The molecule has 0 spiro atoms. The van der Waals surface area contributed by atoms with Crippen molar-refractivity contribution >= 4 is 27.7 Å². The van der Waals surface area contributed by atoms with Crippen molar-refractivity contribution in [1.82, 2.24) is 9.80 Å². The fraction of sp³-hybridized carbons (Fsp3) is 0.647. The number of aliphatic hydroxyl groups excluding tert-OH is 1. The van der Waals surface area contributed by atoms with Gasteiger partial charge in [-0.15, -0.1) is 0 Å². The maximum atomic E-state index is 12.6. The summed E-state index contributed by atoms with van der Waals surface area (Å²) in [6.07, 6.45) is 1.88. The normalized spacial score (nSPS) is 25.3. The van der Waals surface area contributed by atoms with Crippen molar-refractivity contribution in [1.29, 1.82) is 0 Å². The molecule has 2 aliphatic heterocycles. The van der Waals surface area contributed by atoms with E-state index in [0.29, 0.717) is 29.4 Å². The second-order valence-electron chi connectivity index (χ2n) is 6.76. The van der Waals surface area contributed by atoms with Crippen LogP contribution in [-0.4, -0.2) is 59.5 Å². The Balaban J connectivity index is 1.64. The Labute approximate surface area is 149 Å². The lowest BCUT2D eigenvalue weighted by Crippen LogP contribution is -2.40. The maximum absolute atomic E-state index is 12.6. The molecule has 1 aromatic rings. The lowest BCUT2D eigenvalue weighted by atomic mass is 9.79. The third-order valence-corrected chi connectivity index (χ3v) is 5.81. The van der Waals surface area contributed by atoms with Gasteiger partial charge in [-0.05, 0) is 52.7 Å². The Bertz CT molecular complexity index is 609. The minimum absolute atomic E-state index is 0.0865. The van der Waals surface area contributed by atoms with E-state index in [1.54, 1.807) is 24.0 Å². The fourth-order valence-corrected chi connectivity index (χ4v) is 4.32. The SMILES string of the molecule is CC(=O)N1CCC([C@@H]2CN(C(=O)c3ccc(Br)o3)C[C@H]2CO)CC1. The van der Waals surface area contributed by atoms with Gasteiger partial charge in [0.1, 0.15) is 0 Å². The molecule has 1 N–H and O–H groups in total. The number of amides is 2. The second-order valence-corrected chi connectivity index (χ2v) is 7.55. The van der Waals surface area contributed by atoms with Gasteiger partial charge in [-0.2, -0.15) is 0 Å². The van der Waals surface area contributed by atoms with Gasteiger partial charge >= 0.3 is 0 Å². The summed E-state index contributed by atoms with van der Waals surface area (Å²) in [6.45, 7) is 4.44. The summed E-state index contributed by atoms with van der Waals surface area (Å²) in [6, 6.07) is 3.38. The fourth-order valence-electron chi connectivity index (χ4n) is 4.02. The van der Waals surface area contributed by atoms with Crippen LogP contribution in [-0.2, 0) is 4.79 Å². The van der Waals surface area contributed by atoms with E-state index in [4.69, 9.17) is 4.42 Å². The summed E-state index contributed by atoms with van der Waals surface area (Å²) in [5.74, 6) is 1.15. The zero-order valence-electron chi connectivity index (χ0n) is 13.8. The monoisotopic (exact) mass is 398 g/mol. The number of piperidine rings is 1. The van der Waals surface area contributed by atoms with Crippen molar-refractivity contribution in [2.45, 2.75) is 19.8 Å². The predicted octanol–water partition coefficient (Wildman–Crippen LogP) is 1.98. The van der Waals surface area contributed by atoms with Crippen LogP contribution in [0.2, 0.25) is 0 Å². The Morgan fingerprint density at radius 2 is 1.96 bits per heavy atom.